The number of amides is 1. The smallest absolute Gasteiger partial charge is 0.331 e. The summed E-state index contributed by atoms with van der Waals surface area (Å²) in [6, 6.07) is 8.13. The molecule has 1 amide bonds. The molecule has 0 aliphatic carbocycles. The number of hydrogen-bond acceptors (Lipinski definition) is 6. The molecule has 2 heterocycles. The lowest BCUT2D eigenvalue weighted by molar-refractivity contribution is 0.0322. The highest BCUT2D eigenvalue weighted by molar-refractivity contribution is 6.03. The number of nitrogens with zero attached hydrogens (tertiary/aromatic N) is 3. The van der Waals surface area contributed by atoms with Gasteiger partial charge in [0.25, 0.3) is 11.5 Å². The van der Waals surface area contributed by atoms with E-state index in [2.05, 4.69) is 10.2 Å². The fourth-order valence-corrected chi connectivity index (χ4v) is 2.93. The van der Waals surface area contributed by atoms with Crippen molar-refractivity contribution in [1.29, 1.82) is 0 Å². The molecule has 0 unspecified atom stereocenters. The van der Waals surface area contributed by atoms with Crippen LogP contribution in [-0.4, -0.2) is 59.4 Å². The van der Waals surface area contributed by atoms with Crippen molar-refractivity contribution in [2.75, 3.05) is 44.8 Å². The number of hydrogen-bond donors (Lipinski definition) is 1. The molecule has 2 aromatic rings. The molecule has 1 N–H and O–H groups in total. The minimum Gasteiger partial charge on any atom is -0.492 e. The predicted molar refractivity (Wildman–Crippen MR) is 104 cm³/mol. The fraction of sp³-hybridized carbons (Fsp3) is 0.421. The lowest BCUT2D eigenvalue weighted by Gasteiger charge is -2.26. The van der Waals surface area contributed by atoms with Gasteiger partial charge < -0.3 is 14.8 Å². The second kappa shape index (κ2) is 8.85. The van der Waals surface area contributed by atoms with Gasteiger partial charge in [0.1, 0.15) is 18.1 Å². The number of benzene rings is 1. The van der Waals surface area contributed by atoms with E-state index in [1.165, 1.54) is 14.1 Å². The van der Waals surface area contributed by atoms with Crippen LogP contribution in [0.4, 0.5) is 5.69 Å². The standard InChI is InChI=1S/C19H24N4O5/c1-21-16(13-17(24)22(2)19(21)26)18(25)20-14-4-3-5-15(12-14)28-11-8-23-6-9-27-10-7-23/h3-5,12-13H,6-11H2,1-2H3,(H,20,25). The van der Waals surface area contributed by atoms with Crippen LogP contribution in [0.5, 0.6) is 5.75 Å². The van der Waals surface area contributed by atoms with Crippen LogP contribution in [0.15, 0.2) is 39.9 Å². The van der Waals surface area contributed by atoms with Crippen LogP contribution in [0.3, 0.4) is 0 Å². The Morgan fingerprint density at radius 3 is 2.64 bits per heavy atom. The van der Waals surface area contributed by atoms with E-state index in [9.17, 15) is 14.4 Å². The number of ether oxygens (including phenoxy) is 2. The van der Waals surface area contributed by atoms with Crippen molar-refractivity contribution in [3.63, 3.8) is 0 Å². The van der Waals surface area contributed by atoms with E-state index in [1.807, 2.05) is 6.07 Å². The molecule has 28 heavy (non-hydrogen) atoms. The molecular formula is C19H24N4O5. The Kier molecular flexibility index (Phi) is 6.27. The summed E-state index contributed by atoms with van der Waals surface area (Å²) in [5, 5.41) is 2.70. The van der Waals surface area contributed by atoms with E-state index < -0.39 is 17.2 Å². The van der Waals surface area contributed by atoms with Gasteiger partial charge in [-0.15, -0.1) is 0 Å². The summed E-state index contributed by atoms with van der Waals surface area (Å²) in [5.74, 6) is 0.0895. The number of carbonyl (C=O) groups is 1. The van der Waals surface area contributed by atoms with Crippen molar-refractivity contribution in [2.45, 2.75) is 0 Å². The SMILES string of the molecule is Cn1c(C(=O)Nc2cccc(OCCN3CCOCC3)c2)cc(=O)n(C)c1=O. The Hall–Kier alpha value is -2.91. The molecular weight excluding hydrogens is 364 g/mol. The molecule has 0 bridgehead atoms. The molecule has 1 fully saturated rings. The molecule has 0 saturated carbocycles. The average Bonchev–Trinajstić information content (AvgIpc) is 2.70. The molecule has 0 radical (unpaired) electrons. The minimum absolute atomic E-state index is 0.00765. The Labute approximate surface area is 162 Å². The summed E-state index contributed by atoms with van der Waals surface area (Å²) < 4.78 is 13.2. The lowest BCUT2D eigenvalue weighted by atomic mass is 10.2. The monoisotopic (exact) mass is 388 g/mol. The molecule has 1 aromatic heterocycles. The van der Waals surface area contributed by atoms with E-state index in [-0.39, 0.29) is 5.69 Å². The van der Waals surface area contributed by atoms with Crippen molar-refractivity contribution < 1.29 is 14.3 Å². The third kappa shape index (κ3) is 4.68. The van der Waals surface area contributed by atoms with Gasteiger partial charge in [0.2, 0.25) is 0 Å². The van der Waals surface area contributed by atoms with Gasteiger partial charge in [-0.3, -0.25) is 23.6 Å². The van der Waals surface area contributed by atoms with Crippen molar-refractivity contribution in [3.05, 3.63) is 56.9 Å². The van der Waals surface area contributed by atoms with E-state index in [4.69, 9.17) is 9.47 Å². The Morgan fingerprint density at radius 2 is 1.89 bits per heavy atom. The van der Waals surface area contributed by atoms with Crippen LogP contribution < -0.4 is 21.3 Å². The Bertz CT molecular complexity index is 960. The summed E-state index contributed by atoms with van der Waals surface area (Å²) in [6.07, 6.45) is 0. The molecule has 1 aliphatic heterocycles. The summed E-state index contributed by atoms with van der Waals surface area (Å²) >= 11 is 0. The first-order valence-corrected chi connectivity index (χ1v) is 9.07. The van der Waals surface area contributed by atoms with Crippen molar-refractivity contribution in [1.82, 2.24) is 14.0 Å². The quantitative estimate of drug-likeness (QED) is 0.751. The van der Waals surface area contributed by atoms with Gasteiger partial charge in [-0.05, 0) is 12.1 Å². The van der Waals surface area contributed by atoms with E-state index in [0.717, 1.165) is 48.0 Å². The van der Waals surface area contributed by atoms with Crippen molar-refractivity contribution in [3.8, 4) is 5.75 Å². The highest BCUT2D eigenvalue weighted by atomic mass is 16.5. The van der Waals surface area contributed by atoms with Crippen molar-refractivity contribution in [2.24, 2.45) is 14.1 Å². The highest BCUT2D eigenvalue weighted by Gasteiger charge is 2.14. The summed E-state index contributed by atoms with van der Waals surface area (Å²) in [6.45, 7) is 4.61. The van der Waals surface area contributed by atoms with Gasteiger partial charge in [0.15, 0.2) is 0 Å². The summed E-state index contributed by atoms with van der Waals surface area (Å²) in [7, 11) is 2.81. The maximum Gasteiger partial charge on any atom is 0.331 e. The fourth-order valence-electron chi connectivity index (χ4n) is 2.93. The van der Waals surface area contributed by atoms with Gasteiger partial charge in [0, 0.05) is 51.5 Å². The Balaban J connectivity index is 1.63. The zero-order valence-electron chi connectivity index (χ0n) is 16.0. The van der Waals surface area contributed by atoms with Crippen LogP contribution in [-0.2, 0) is 18.8 Å². The predicted octanol–water partition coefficient (Wildman–Crippen LogP) is 0.0473. The van der Waals surface area contributed by atoms with E-state index in [0.29, 0.717) is 18.0 Å². The molecule has 1 aliphatic rings. The number of nitrogens with one attached hydrogen (secondary N) is 1. The molecule has 9 heteroatoms. The minimum atomic E-state index is -0.558. The van der Waals surface area contributed by atoms with Gasteiger partial charge in [-0.25, -0.2) is 4.79 Å². The number of anilines is 1. The summed E-state index contributed by atoms with van der Waals surface area (Å²) in [5.41, 5.74) is -0.583. The number of carbonyl (C=O) groups excluding carboxylic acids is 1. The molecule has 9 nitrogen and oxygen atoms in total. The second-order valence-electron chi connectivity index (χ2n) is 6.55. The topological polar surface area (TPSA) is 94.8 Å². The summed E-state index contributed by atoms with van der Waals surface area (Å²) in [4.78, 5) is 38.6. The average molecular weight is 388 g/mol. The van der Waals surface area contributed by atoms with Crippen LogP contribution in [0, 0.1) is 0 Å². The van der Waals surface area contributed by atoms with Crippen LogP contribution >= 0.6 is 0 Å². The zero-order chi connectivity index (χ0) is 20.1. The maximum absolute atomic E-state index is 12.5. The molecule has 3 rings (SSSR count). The van der Waals surface area contributed by atoms with Crippen molar-refractivity contribution >= 4 is 11.6 Å². The third-order valence-electron chi connectivity index (χ3n) is 4.63. The van der Waals surface area contributed by atoms with Gasteiger partial charge in [-0.1, -0.05) is 6.07 Å². The molecule has 1 aromatic carbocycles. The van der Waals surface area contributed by atoms with Crippen LogP contribution in [0.1, 0.15) is 10.5 Å². The molecule has 1 saturated heterocycles. The second-order valence-corrected chi connectivity index (χ2v) is 6.55. The van der Waals surface area contributed by atoms with E-state index in [1.54, 1.807) is 18.2 Å². The Morgan fingerprint density at radius 1 is 1.14 bits per heavy atom. The molecule has 0 spiro atoms. The lowest BCUT2D eigenvalue weighted by Crippen LogP contribution is -2.40. The van der Waals surface area contributed by atoms with Gasteiger partial charge >= 0.3 is 5.69 Å². The number of aromatic nitrogens is 2. The first-order chi connectivity index (χ1) is 13.5. The van der Waals surface area contributed by atoms with Gasteiger partial charge in [0.05, 0.1) is 13.2 Å². The maximum atomic E-state index is 12.5. The normalized spacial score (nSPS) is 14.6. The van der Waals surface area contributed by atoms with Gasteiger partial charge in [-0.2, -0.15) is 0 Å². The highest BCUT2D eigenvalue weighted by Crippen LogP contribution is 2.18. The molecule has 150 valence electrons. The first-order valence-electron chi connectivity index (χ1n) is 9.07. The van der Waals surface area contributed by atoms with Crippen LogP contribution in [0.2, 0.25) is 0 Å². The number of morpholine rings is 1. The number of rotatable bonds is 6. The van der Waals surface area contributed by atoms with E-state index >= 15 is 0 Å². The largest absolute Gasteiger partial charge is 0.492 e. The molecule has 0 atom stereocenters. The van der Waals surface area contributed by atoms with Crippen LogP contribution in [0.25, 0.3) is 0 Å². The third-order valence-corrected chi connectivity index (χ3v) is 4.63. The first kappa shape index (κ1) is 19.8. The zero-order valence-corrected chi connectivity index (χ0v) is 16.0.